The highest BCUT2D eigenvalue weighted by Gasteiger charge is 2.15. The van der Waals surface area contributed by atoms with Crippen molar-refractivity contribution in [2.45, 2.75) is 33.2 Å². The Labute approximate surface area is 113 Å². The number of hydrogen-bond donors (Lipinski definition) is 1. The maximum Gasteiger partial charge on any atom is 0.126 e. The van der Waals surface area contributed by atoms with Crippen molar-refractivity contribution in [3.8, 4) is 0 Å². The third-order valence-corrected chi connectivity index (χ3v) is 3.69. The first-order valence-electron chi connectivity index (χ1n) is 6.41. The Balaban J connectivity index is 2.25. The topological polar surface area (TPSA) is 43.8 Å². The molecular weight excluding hydrogens is 241 g/mol. The minimum absolute atomic E-state index is 0.138. The number of aryl methyl sites for hydroxylation is 3. The molecule has 2 N–H and O–H groups in total. The Hall–Kier alpha value is -1.68. The molecule has 0 aliphatic carbocycles. The third-order valence-electron chi connectivity index (χ3n) is 3.69. The molecule has 0 radical (unpaired) electrons. The van der Waals surface area contributed by atoms with E-state index in [2.05, 4.69) is 5.10 Å². The summed E-state index contributed by atoms with van der Waals surface area (Å²) in [7, 11) is 1.93. The van der Waals surface area contributed by atoms with Gasteiger partial charge in [-0.1, -0.05) is 12.1 Å². The van der Waals surface area contributed by atoms with Crippen LogP contribution < -0.4 is 5.73 Å². The summed E-state index contributed by atoms with van der Waals surface area (Å²) in [5.74, 6) is -0.190. The molecule has 0 aliphatic heterocycles. The van der Waals surface area contributed by atoms with Crippen LogP contribution in [0, 0.1) is 26.6 Å². The second-order valence-corrected chi connectivity index (χ2v) is 5.09. The van der Waals surface area contributed by atoms with E-state index in [0.29, 0.717) is 5.56 Å². The fourth-order valence-electron chi connectivity index (χ4n) is 2.35. The Bertz CT molecular complexity index is 602. The van der Waals surface area contributed by atoms with Gasteiger partial charge >= 0.3 is 0 Å². The van der Waals surface area contributed by atoms with Crippen LogP contribution in [0.25, 0.3) is 0 Å². The largest absolute Gasteiger partial charge is 0.324 e. The van der Waals surface area contributed by atoms with E-state index in [1.807, 2.05) is 31.6 Å². The first-order chi connectivity index (χ1) is 8.90. The average molecular weight is 261 g/mol. The molecule has 2 rings (SSSR count). The van der Waals surface area contributed by atoms with Gasteiger partial charge in [0, 0.05) is 18.8 Å². The predicted molar refractivity (Wildman–Crippen MR) is 74.5 cm³/mol. The lowest BCUT2D eigenvalue weighted by atomic mass is 9.97. The summed E-state index contributed by atoms with van der Waals surface area (Å²) >= 11 is 0. The number of halogens is 1. The van der Waals surface area contributed by atoms with Gasteiger partial charge in [-0.3, -0.25) is 4.68 Å². The maximum atomic E-state index is 13.3. The lowest BCUT2D eigenvalue weighted by Crippen LogP contribution is -2.14. The maximum absolute atomic E-state index is 13.3. The summed E-state index contributed by atoms with van der Waals surface area (Å²) in [6.07, 6.45) is 0.719. The summed E-state index contributed by atoms with van der Waals surface area (Å²) < 4.78 is 15.1. The lowest BCUT2D eigenvalue weighted by molar-refractivity contribution is 0.614. The first kappa shape index (κ1) is 13.7. The molecule has 19 heavy (non-hydrogen) atoms. The van der Waals surface area contributed by atoms with Crippen molar-refractivity contribution in [2.24, 2.45) is 12.8 Å². The van der Waals surface area contributed by atoms with Gasteiger partial charge in [-0.2, -0.15) is 5.10 Å². The molecular formula is C15H20FN3. The van der Waals surface area contributed by atoms with Crippen LogP contribution in [-0.4, -0.2) is 9.78 Å². The van der Waals surface area contributed by atoms with Gasteiger partial charge < -0.3 is 5.73 Å². The zero-order valence-electron chi connectivity index (χ0n) is 11.9. The number of nitrogens with two attached hydrogens (primary N) is 1. The van der Waals surface area contributed by atoms with Gasteiger partial charge in [-0.25, -0.2) is 4.39 Å². The van der Waals surface area contributed by atoms with E-state index in [1.54, 1.807) is 13.0 Å². The normalized spacial score (nSPS) is 12.7. The Morgan fingerprint density at radius 3 is 2.53 bits per heavy atom. The first-order valence-corrected chi connectivity index (χ1v) is 6.41. The molecule has 0 bridgehead atoms. The molecule has 0 saturated heterocycles. The highest BCUT2D eigenvalue weighted by atomic mass is 19.1. The predicted octanol–water partition coefficient (Wildman–Crippen LogP) is 2.73. The minimum atomic E-state index is -0.190. The Kier molecular flexibility index (Phi) is 3.71. The number of nitrogens with zero attached hydrogens (tertiary/aromatic N) is 2. The van der Waals surface area contributed by atoms with E-state index in [-0.39, 0.29) is 11.9 Å². The fraction of sp³-hybridized carbons (Fsp3) is 0.400. The summed E-state index contributed by atoms with van der Waals surface area (Å²) in [4.78, 5) is 0. The highest BCUT2D eigenvalue weighted by Crippen LogP contribution is 2.22. The van der Waals surface area contributed by atoms with Crippen molar-refractivity contribution >= 4 is 0 Å². The number of hydrogen-bond acceptors (Lipinski definition) is 2. The van der Waals surface area contributed by atoms with Crippen LogP contribution in [0.5, 0.6) is 0 Å². The van der Waals surface area contributed by atoms with Crippen molar-refractivity contribution in [1.82, 2.24) is 9.78 Å². The third kappa shape index (κ3) is 2.68. The smallest absolute Gasteiger partial charge is 0.126 e. The number of rotatable bonds is 3. The van der Waals surface area contributed by atoms with Crippen molar-refractivity contribution in [2.75, 3.05) is 0 Å². The quantitative estimate of drug-likeness (QED) is 0.923. The van der Waals surface area contributed by atoms with E-state index in [9.17, 15) is 4.39 Å². The summed E-state index contributed by atoms with van der Waals surface area (Å²) in [5, 5.41) is 4.39. The van der Waals surface area contributed by atoms with Gasteiger partial charge in [-0.15, -0.1) is 0 Å². The molecule has 102 valence electrons. The van der Waals surface area contributed by atoms with Gasteiger partial charge in [0.15, 0.2) is 0 Å². The van der Waals surface area contributed by atoms with Crippen LogP contribution in [0.3, 0.4) is 0 Å². The molecule has 1 unspecified atom stereocenters. The van der Waals surface area contributed by atoms with Gasteiger partial charge in [0.1, 0.15) is 5.82 Å². The molecule has 4 heteroatoms. The molecule has 0 saturated carbocycles. The van der Waals surface area contributed by atoms with E-state index >= 15 is 0 Å². The second-order valence-electron chi connectivity index (χ2n) is 5.09. The molecule has 0 aliphatic rings. The molecule has 0 fully saturated rings. The van der Waals surface area contributed by atoms with Crippen molar-refractivity contribution in [3.63, 3.8) is 0 Å². The number of benzene rings is 1. The molecule has 1 heterocycles. The number of aromatic nitrogens is 2. The molecule has 2 aromatic rings. The van der Waals surface area contributed by atoms with Crippen molar-refractivity contribution in [1.29, 1.82) is 0 Å². The van der Waals surface area contributed by atoms with Crippen LogP contribution in [-0.2, 0) is 13.5 Å². The van der Waals surface area contributed by atoms with Crippen LogP contribution in [0.4, 0.5) is 4.39 Å². The van der Waals surface area contributed by atoms with E-state index in [4.69, 9.17) is 5.73 Å². The monoisotopic (exact) mass is 261 g/mol. The molecule has 1 atom stereocenters. The molecule has 0 amide bonds. The lowest BCUT2D eigenvalue weighted by Gasteiger charge is -2.13. The van der Waals surface area contributed by atoms with Gasteiger partial charge in [0.2, 0.25) is 0 Å². The molecule has 0 spiro atoms. The SMILES string of the molecule is Cc1cc(C(N)Cc2c(C)nn(C)c2C)ccc1F. The minimum Gasteiger partial charge on any atom is -0.324 e. The summed E-state index contributed by atoms with van der Waals surface area (Å²) in [6, 6.07) is 4.92. The van der Waals surface area contributed by atoms with Crippen LogP contribution in [0.15, 0.2) is 18.2 Å². The van der Waals surface area contributed by atoms with E-state index in [0.717, 1.165) is 23.4 Å². The summed E-state index contributed by atoms with van der Waals surface area (Å²) in [6.45, 7) is 5.79. The zero-order chi connectivity index (χ0) is 14.2. The van der Waals surface area contributed by atoms with Crippen LogP contribution >= 0.6 is 0 Å². The van der Waals surface area contributed by atoms with Gasteiger partial charge in [-0.05, 0) is 49.9 Å². The van der Waals surface area contributed by atoms with Gasteiger partial charge in [0.05, 0.1) is 5.69 Å². The Morgan fingerprint density at radius 1 is 1.32 bits per heavy atom. The van der Waals surface area contributed by atoms with Crippen molar-refractivity contribution < 1.29 is 4.39 Å². The van der Waals surface area contributed by atoms with Crippen LogP contribution in [0.1, 0.15) is 34.1 Å². The standard InChI is InChI=1S/C15H20FN3/c1-9-7-12(5-6-14(9)16)15(17)8-13-10(2)18-19(4)11(13)3/h5-7,15H,8,17H2,1-4H3. The van der Waals surface area contributed by atoms with Crippen molar-refractivity contribution in [3.05, 3.63) is 52.1 Å². The molecule has 1 aromatic carbocycles. The average Bonchev–Trinajstić information content (AvgIpc) is 2.59. The fourth-order valence-corrected chi connectivity index (χ4v) is 2.35. The van der Waals surface area contributed by atoms with E-state index in [1.165, 1.54) is 11.6 Å². The highest BCUT2D eigenvalue weighted by molar-refractivity contribution is 5.31. The Morgan fingerprint density at radius 2 is 2.00 bits per heavy atom. The molecule has 1 aromatic heterocycles. The molecule has 3 nitrogen and oxygen atoms in total. The van der Waals surface area contributed by atoms with E-state index < -0.39 is 0 Å². The summed E-state index contributed by atoms with van der Waals surface area (Å²) in [5.41, 5.74) is 11.1. The van der Waals surface area contributed by atoms with Crippen LogP contribution in [0.2, 0.25) is 0 Å². The van der Waals surface area contributed by atoms with Gasteiger partial charge in [0.25, 0.3) is 0 Å². The second kappa shape index (κ2) is 5.13. The zero-order valence-corrected chi connectivity index (χ0v) is 11.9.